The number of hydrogen-bond acceptors (Lipinski definition) is 4. The van der Waals surface area contributed by atoms with Crippen LogP contribution in [0.5, 0.6) is 0 Å². The van der Waals surface area contributed by atoms with Gasteiger partial charge < -0.3 is 4.98 Å². The van der Waals surface area contributed by atoms with Gasteiger partial charge in [0.05, 0.1) is 23.0 Å². The van der Waals surface area contributed by atoms with Crippen molar-refractivity contribution in [3.63, 3.8) is 0 Å². The van der Waals surface area contributed by atoms with E-state index in [2.05, 4.69) is 9.97 Å². The van der Waals surface area contributed by atoms with Crippen molar-refractivity contribution in [2.45, 2.75) is 11.3 Å². The first-order chi connectivity index (χ1) is 12.7. The Morgan fingerprint density at radius 1 is 1.11 bits per heavy atom. The fraction of sp³-hybridized carbons (Fsp3) is 0.111. The summed E-state index contributed by atoms with van der Waals surface area (Å²) in [6, 6.07) is 11.4. The molecule has 5 nitrogen and oxygen atoms in total. The standard InChI is InChI=1S/C18H12F3N3O2S/c1-27(25,26)14-7-6-12(8-13(14)19)16-15(23-18(24-16)17(20)21)11-4-2-10(9-22)3-5-11/h2-8,17H,1H3,(H,23,24). The van der Waals surface area contributed by atoms with Gasteiger partial charge in [-0.15, -0.1) is 0 Å². The summed E-state index contributed by atoms with van der Waals surface area (Å²) in [7, 11) is -3.76. The van der Waals surface area contributed by atoms with Gasteiger partial charge in [0.2, 0.25) is 0 Å². The Labute approximate surface area is 153 Å². The van der Waals surface area contributed by atoms with Gasteiger partial charge in [-0.25, -0.2) is 26.6 Å². The van der Waals surface area contributed by atoms with E-state index >= 15 is 0 Å². The molecular formula is C18H12F3N3O2S. The van der Waals surface area contributed by atoms with Crippen molar-refractivity contribution >= 4 is 9.84 Å². The quantitative estimate of drug-likeness (QED) is 0.726. The van der Waals surface area contributed by atoms with Gasteiger partial charge in [0.1, 0.15) is 10.7 Å². The summed E-state index contributed by atoms with van der Waals surface area (Å²) in [5.41, 5.74) is 1.26. The summed E-state index contributed by atoms with van der Waals surface area (Å²) in [5.74, 6) is -1.60. The predicted molar refractivity (Wildman–Crippen MR) is 92.2 cm³/mol. The number of nitrogens with zero attached hydrogens (tertiary/aromatic N) is 2. The van der Waals surface area contributed by atoms with Crippen molar-refractivity contribution in [3.8, 4) is 28.6 Å². The number of H-pyrrole nitrogens is 1. The van der Waals surface area contributed by atoms with Crippen molar-refractivity contribution in [3.05, 3.63) is 59.7 Å². The zero-order valence-electron chi connectivity index (χ0n) is 13.9. The Balaban J connectivity index is 2.17. The molecule has 2 aromatic carbocycles. The number of benzene rings is 2. The monoisotopic (exact) mass is 391 g/mol. The van der Waals surface area contributed by atoms with Crippen molar-refractivity contribution in [1.29, 1.82) is 5.26 Å². The smallest absolute Gasteiger partial charge is 0.295 e. The maximum atomic E-state index is 14.2. The van der Waals surface area contributed by atoms with Crippen LogP contribution < -0.4 is 0 Å². The summed E-state index contributed by atoms with van der Waals surface area (Å²) in [5, 5.41) is 8.87. The molecule has 0 aliphatic carbocycles. The number of aromatic amines is 1. The molecule has 0 bridgehead atoms. The number of aromatic nitrogens is 2. The van der Waals surface area contributed by atoms with Crippen molar-refractivity contribution < 1.29 is 21.6 Å². The SMILES string of the molecule is CS(=O)(=O)c1ccc(-c2nc(C(F)F)[nH]c2-c2ccc(C#N)cc2)cc1F. The average Bonchev–Trinajstić information content (AvgIpc) is 3.06. The first kappa shape index (κ1) is 18.7. The predicted octanol–water partition coefficient (Wildman–Crippen LogP) is 4.10. The van der Waals surface area contributed by atoms with Gasteiger partial charge in [-0.05, 0) is 24.3 Å². The van der Waals surface area contributed by atoms with Crippen LogP contribution in [0.2, 0.25) is 0 Å². The highest BCUT2D eigenvalue weighted by Gasteiger charge is 2.21. The summed E-state index contributed by atoms with van der Waals surface area (Å²) in [6.07, 6.45) is -2.01. The second kappa shape index (κ2) is 6.89. The maximum Gasteiger partial charge on any atom is 0.295 e. The third-order valence-corrected chi connectivity index (χ3v) is 4.97. The molecule has 0 atom stereocenters. The molecule has 0 aliphatic rings. The van der Waals surface area contributed by atoms with Crippen LogP contribution in [0.25, 0.3) is 22.5 Å². The number of nitriles is 1. The summed E-state index contributed by atoms with van der Waals surface area (Å²) >= 11 is 0. The van der Waals surface area contributed by atoms with Crippen LogP contribution in [-0.2, 0) is 9.84 Å². The highest BCUT2D eigenvalue weighted by atomic mass is 32.2. The topological polar surface area (TPSA) is 86.6 Å². The minimum absolute atomic E-state index is 0.0500. The lowest BCUT2D eigenvalue weighted by molar-refractivity contribution is 0.141. The first-order valence-electron chi connectivity index (χ1n) is 7.59. The van der Waals surface area contributed by atoms with E-state index in [-0.39, 0.29) is 17.0 Å². The lowest BCUT2D eigenvalue weighted by Gasteiger charge is -2.06. The summed E-state index contributed by atoms with van der Waals surface area (Å²) < 4.78 is 63.6. The molecule has 0 unspecified atom stereocenters. The minimum atomic E-state index is -3.76. The number of hydrogen-bond donors (Lipinski definition) is 1. The van der Waals surface area contributed by atoms with E-state index in [9.17, 15) is 21.6 Å². The van der Waals surface area contributed by atoms with Crippen molar-refractivity contribution in [2.24, 2.45) is 0 Å². The van der Waals surface area contributed by atoms with Crippen LogP contribution in [0.4, 0.5) is 13.2 Å². The average molecular weight is 391 g/mol. The molecule has 9 heteroatoms. The van der Waals surface area contributed by atoms with Crippen LogP contribution in [0.1, 0.15) is 17.8 Å². The number of halogens is 3. The van der Waals surface area contributed by atoms with Gasteiger partial charge in [0.15, 0.2) is 15.7 Å². The van der Waals surface area contributed by atoms with Crippen LogP contribution in [-0.4, -0.2) is 24.6 Å². The molecule has 27 heavy (non-hydrogen) atoms. The molecule has 1 heterocycles. The van der Waals surface area contributed by atoms with E-state index in [0.717, 1.165) is 18.4 Å². The second-order valence-corrected chi connectivity index (χ2v) is 7.74. The third-order valence-electron chi connectivity index (χ3n) is 3.84. The first-order valence-corrected chi connectivity index (χ1v) is 9.48. The van der Waals surface area contributed by atoms with Gasteiger partial charge in [-0.1, -0.05) is 18.2 Å². The Morgan fingerprint density at radius 2 is 1.74 bits per heavy atom. The molecule has 1 N–H and O–H groups in total. The van der Waals surface area contributed by atoms with Crippen LogP contribution in [0, 0.1) is 17.1 Å². The molecule has 0 saturated heterocycles. The lowest BCUT2D eigenvalue weighted by atomic mass is 10.0. The fourth-order valence-corrected chi connectivity index (χ4v) is 3.30. The van der Waals surface area contributed by atoms with Gasteiger partial charge in [-0.3, -0.25) is 0 Å². The molecule has 0 aliphatic heterocycles. The van der Waals surface area contributed by atoms with Crippen molar-refractivity contribution in [2.75, 3.05) is 6.26 Å². The highest BCUT2D eigenvalue weighted by molar-refractivity contribution is 7.90. The summed E-state index contributed by atoms with van der Waals surface area (Å²) in [4.78, 5) is 5.87. The summed E-state index contributed by atoms with van der Waals surface area (Å²) in [6.45, 7) is 0. The van der Waals surface area contributed by atoms with Gasteiger partial charge in [0.25, 0.3) is 6.43 Å². The molecular weight excluding hydrogens is 379 g/mol. The van der Waals surface area contributed by atoms with Gasteiger partial charge in [0, 0.05) is 17.4 Å². The third kappa shape index (κ3) is 3.71. The van der Waals surface area contributed by atoms with E-state index in [0.29, 0.717) is 11.1 Å². The van der Waals surface area contributed by atoms with E-state index in [4.69, 9.17) is 5.26 Å². The molecule has 1 aromatic heterocycles. The zero-order chi connectivity index (χ0) is 19.8. The Hall–Kier alpha value is -3.12. The second-order valence-electron chi connectivity index (χ2n) is 5.75. The van der Waals surface area contributed by atoms with E-state index in [1.54, 1.807) is 12.1 Å². The number of imidazole rings is 1. The normalized spacial score (nSPS) is 11.6. The number of rotatable bonds is 4. The Bertz CT molecular complexity index is 1150. The number of sulfone groups is 1. The Kier molecular flexibility index (Phi) is 4.76. The van der Waals surface area contributed by atoms with Gasteiger partial charge in [-0.2, -0.15) is 5.26 Å². The molecule has 0 amide bonds. The largest absolute Gasteiger partial charge is 0.337 e. The molecule has 0 fully saturated rings. The van der Waals surface area contributed by atoms with E-state index in [1.165, 1.54) is 18.2 Å². The minimum Gasteiger partial charge on any atom is -0.337 e. The molecule has 3 aromatic rings. The van der Waals surface area contributed by atoms with E-state index in [1.807, 2.05) is 6.07 Å². The number of nitrogens with one attached hydrogen (secondary N) is 1. The van der Waals surface area contributed by atoms with Gasteiger partial charge >= 0.3 is 0 Å². The van der Waals surface area contributed by atoms with Crippen molar-refractivity contribution in [1.82, 2.24) is 9.97 Å². The maximum absolute atomic E-state index is 14.2. The highest BCUT2D eigenvalue weighted by Crippen LogP contribution is 2.34. The molecule has 3 rings (SSSR count). The van der Waals surface area contributed by atoms with Crippen LogP contribution in [0.3, 0.4) is 0 Å². The molecule has 0 radical (unpaired) electrons. The zero-order valence-corrected chi connectivity index (χ0v) is 14.7. The fourth-order valence-electron chi connectivity index (χ4n) is 2.57. The van der Waals surface area contributed by atoms with Crippen LogP contribution in [0.15, 0.2) is 47.4 Å². The lowest BCUT2D eigenvalue weighted by Crippen LogP contribution is -2.00. The number of alkyl halides is 2. The molecule has 138 valence electrons. The van der Waals surface area contributed by atoms with Crippen LogP contribution >= 0.6 is 0 Å². The van der Waals surface area contributed by atoms with E-state index < -0.39 is 32.8 Å². The molecule has 0 saturated carbocycles. The Morgan fingerprint density at radius 3 is 2.26 bits per heavy atom. The molecule has 0 spiro atoms.